The number of amides is 2. The number of ether oxygens (including phenoxy) is 2. The SMILES string of the molecule is CC[C@@H](C)[C@@H](NC(=O)CCN1C(=O)/C(=C\c2ccc(OC)c(OC)c2)SC1=S)C(=O)O. The molecule has 1 aromatic carbocycles. The molecule has 2 amide bonds. The smallest absolute Gasteiger partial charge is 0.326 e. The number of nitrogens with one attached hydrogen (secondary N) is 1. The Kier molecular flexibility index (Phi) is 8.88. The van der Waals surface area contributed by atoms with Gasteiger partial charge in [0.15, 0.2) is 11.5 Å². The molecule has 168 valence electrons. The second-order valence-electron chi connectivity index (χ2n) is 6.97. The molecule has 31 heavy (non-hydrogen) atoms. The van der Waals surface area contributed by atoms with Crippen molar-refractivity contribution in [3.8, 4) is 11.5 Å². The van der Waals surface area contributed by atoms with Crippen LogP contribution in [-0.4, -0.2) is 58.9 Å². The van der Waals surface area contributed by atoms with Gasteiger partial charge in [-0.1, -0.05) is 50.3 Å². The molecule has 0 aromatic heterocycles. The van der Waals surface area contributed by atoms with Gasteiger partial charge < -0.3 is 19.9 Å². The Labute approximate surface area is 191 Å². The predicted octanol–water partition coefficient (Wildman–Crippen LogP) is 2.91. The fourth-order valence-corrected chi connectivity index (χ4v) is 4.24. The van der Waals surface area contributed by atoms with Crippen molar-refractivity contribution in [2.75, 3.05) is 20.8 Å². The lowest BCUT2D eigenvalue weighted by molar-refractivity contribution is -0.143. The third-order valence-corrected chi connectivity index (χ3v) is 6.31. The van der Waals surface area contributed by atoms with Gasteiger partial charge in [-0.15, -0.1) is 0 Å². The van der Waals surface area contributed by atoms with E-state index in [1.54, 1.807) is 38.3 Å². The number of carboxylic acid groups (broad SMARTS) is 1. The van der Waals surface area contributed by atoms with Gasteiger partial charge in [0.2, 0.25) is 5.91 Å². The van der Waals surface area contributed by atoms with Gasteiger partial charge in [-0.05, 0) is 29.7 Å². The summed E-state index contributed by atoms with van der Waals surface area (Å²) in [4.78, 5) is 38.2. The molecule has 1 saturated heterocycles. The Hall–Kier alpha value is -2.59. The van der Waals surface area contributed by atoms with E-state index in [9.17, 15) is 19.5 Å². The number of methoxy groups -OCH3 is 2. The van der Waals surface area contributed by atoms with Crippen molar-refractivity contribution in [3.63, 3.8) is 0 Å². The Bertz CT molecular complexity index is 902. The van der Waals surface area contributed by atoms with Crippen molar-refractivity contribution < 1.29 is 29.0 Å². The molecule has 0 radical (unpaired) electrons. The highest BCUT2D eigenvalue weighted by atomic mass is 32.2. The van der Waals surface area contributed by atoms with E-state index >= 15 is 0 Å². The maximum atomic E-state index is 12.8. The van der Waals surface area contributed by atoms with E-state index in [4.69, 9.17) is 21.7 Å². The van der Waals surface area contributed by atoms with Gasteiger partial charge in [0.05, 0.1) is 19.1 Å². The van der Waals surface area contributed by atoms with Crippen LogP contribution < -0.4 is 14.8 Å². The molecular formula is C21H26N2O6S2. The number of hydrogen-bond donors (Lipinski definition) is 2. The van der Waals surface area contributed by atoms with Crippen LogP contribution in [0.3, 0.4) is 0 Å². The summed E-state index contributed by atoms with van der Waals surface area (Å²) < 4.78 is 10.8. The Morgan fingerprint density at radius 3 is 2.55 bits per heavy atom. The van der Waals surface area contributed by atoms with Crippen molar-refractivity contribution in [2.24, 2.45) is 5.92 Å². The Morgan fingerprint density at radius 2 is 1.97 bits per heavy atom. The molecule has 0 spiro atoms. The molecule has 8 nitrogen and oxygen atoms in total. The van der Waals surface area contributed by atoms with Gasteiger partial charge in [-0.3, -0.25) is 14.5 Å². The van der Waals surface area contributed by atoms with Gasteiger partial charge in [-0.25, -0.2) is 4.79 Å². The summed E-state index contributed by atoms with van der Waals surface area (Å²) in [6.45, 7) is 3.70. The van der Waals surface area contributed by atoms with Crippen molar-refractivity contribution in [3.05, 3.63) is 28.7 Å². The first kappa shape index (κ1) is 24.7. The van der Waals surface area contributed by atoms with E-state index in [0.717, 1.165) is 17.3 Å². The average Bonchev–Trinajstić information content (AvgIpc) is 3.01. The summed E-state index contributed by atoms with van der Waals surface area (Å²) in [5.41, 5.74) is 0.744. The Morgan fingerprint density at radius 1 is 1.29 bits per heavy atom. The number of aliphatic carboxylic acids is 1. The molecule has 2 atom stereocenters. The minimum Gasteiger partial charge on any atom is -0.493 e. The van der Waals surface area contributed by atoms with E-state index in [1.807, 2.05) is 6.92 Å². The maximum Gasteiger partial charge on any atom is 0.326 e. The zero-order chi connectivity index (χ0) is 23.1. The summed E-state index contributed by atoms with van der Waals surface area (Å²) in [5.74, 6) is -0.901. The van der Waals surface area contributed by atoms with Crippen molar-refractivity contribution in [1.29, 1.82) is 0 Å². The minimum atomic E-state index is -1.08. The molecule has 1 fully saturated rings. The van der Waals surface area contributed by atoms with E-state index in [2.05, 4.69) is 5.32 Å². The van der Waals surface area contributed by atoms with E-state index in [0.29, 0.717) is 27.1 Å². The number of rotatable bonds is 10. The van der Waals surface area contributed by atoms with Gasteiger partial charge in [0, 0.05) is 13.0 Å². The highest BCUT2D eigenvalue weighted by Gasteiger charge is 2.33. The number of thiocarbonyl (C=S) groups is 1. The van der Waals surface area contributed by atoms with Crippen LogP contribution in [0.25, 0.3) is 6.08 Å². The van der Waals surface area contributed by atoms with Crippen LogP contribution in [0.2, 0.25) is 0 Å². The summed E-state index contributed by atoms with van der Waals surface area (Å²) in [6, 6.07) is 4.32. The summed E-state index contributed by atoms with van der Waals surface area (Å²) in [7, 11) is 3.07. The molecule has 0 aliphatic carbocycles. The molecule has 0 unspecified atom stereocenters. The quantitative estimate of drug-likeness (QED) is 0.401. The highest BCUT2D eigenvalue weighted by molar-refractivity contribution is 8.26. The third-order valence-electron chi connectivity index (χ3n) is 4.94. The molecule has 1 aliphatic heterocycles. The molecule has 1 aliphatic rings. The van der Waals surface area contributed by atoms with Crippen molar-refractivity contribution in [1.82, 2.24) is 10.2 Å². The molecule has 2 N–H and O–H groups in total. The van der Waals surface area contributed by atoms with Gasteiger partial charge in [0.1, 0.15) is 10.4 Å². The van der Waals surface area contributed by atoms with Crippen molar-refractivity contribution >= 4 is 52.2 Å². The van der Waals surface area contributed by atoms with Crippen LogP contribution in [0, 0.1) is 5.92 Å². The van der Waals surface area contributed by atoms with E-state index in [-0.39, 0.29) is 24.8 Å². The number of carbonyl (C=O) groups excluding carboxylic acids is 2. The maximum absolute atomic E-state index is 12.8. The standard InChI is InChI=1S/C21H26N2O6S2/c1-5-12(2)18(20(26)27)22-17(24)8-9-23-19(25)16(31-21(23)30)11-13-6-7-14(28-3)15(10-13)29-4/h6-7,10-12,18H,5,8-9H2,1-4H3,(H,22,24)(H,26,27)/b16-11+/t12-,18-/m1/s1. The van der Waals surface area contributed by atoms with Gasteiger partial charge in [-0.2, -0.15) is 0 Å². The average molecular weight is 467 g/mol. The first-order chi connectivity index (χ1) is 14.7. The summed E-state index contributed by atoms with van der Waals surface area (Å²) in [5, 5.41) is 11.8. The zero-order valence-electron chi connectivity index (χ0n) is 17.8. The molecule has 2 rings (SSSR count). The van der Waals surface area contributed by atoms with Crippen molar-refractivity contribution in [2.45, 2.75) is 32.7 Å². The number of nitrogens with zero attached hydrogens (tertiary/aromatic N) is 1. The topological polar surface area (TPSA) is 105 Å². The van der Waals surface area contributed by atoms with Crippen LogP contribution in [0.5, 0.6) is 11.5 Å². The monoisotopic (exact) mass is 466 g/mol. The van der Waals surface area contributed by atoms with E-state index in [1.165, 1.54) is 12.0 Å². The van der Waals surface area contributed by atoms with Crippen LogP contribution in [0.1, 0.15) is 32.3 Å². The van der Waals surface area contributed by atoms with Crippen LogP contribution in [0.15, 0.2) is 23.1 Å². The van der Waals surface area contributed by atoms with E-state index < -0.39 is 17.9 Å². The fraction of sp³-hybridized carbons (Fsp3) is 0.429. The number of thioether (sulfide) groups is 1. The van der Waals surface area contributed by atoms with Gasteiger partial charge in [0.25, 0.3) is 5.91 Å². The summed E-state index contributed by atoms with van der Waals surface area (Å²) in [6.07, 6.45) is 2.27. The van der Waals surface area contributed by atoms with Gasteiger partial charge >= 0.3 is 5.97 Å². The second-order valence-corrected chi connectivity index (χ2v) is 8.64. The zero-order valence-corrected chi connectivity index (χ0v) is 19.5. The number of carboxylic acids is 1. The lowest BCUT2D eigenvalue weighted by atomic mass is 9.99. The summed E-state index contributed by atoms with van der Waals surface area (Å²) >= 11 is 6.45. The molecular weight excluding hydrogens is 440 g/mol. The number of carbonyl (C=O) groups is 3. The number of hydrogen-bond acceptors (Lipinski definition) is 7. The largest absolute Gasteiger partial charge is 0.493 e. The molecule has 1 aromatic rings. The molecule has 1 heterocycles. The minimum absolute atomic E-state index is 0.0453. The first-order valence-electron chi connectivity index (χ1n) is 9.71. The molecule has 0 saturated carbocycles. The lowest BCUT2D eigenvalue weighted by Crippen LogP contribution is -2.46. The van der Waals surface area contributed by atoms with Crippen LogP contribution in [-0.2, 0) is 14.4 Å². The highest BCUT2D eigenvalue weighted by Crippen LogP contribution is 2.34. The number of benzene rings is 1. The second kappa shape index (κ2) is 11.1. The molecule has 0 bridgehead atoms. The predicted molar refractivity (Wildman–Crippen MR) is 123 cm³/mol. The normalized spacial score (nSPS) is 16.9. The first-order valence-corrected chi connectivity index (χ1v) is 10.9. The van der Waals surface area contributed by atoms with Crippen LogP contribution >= 0.6 is 24.0 Å². The molecule has 10 heteroatoms. The third kappa shape index (κ3) is 6.20. The Balaban J connectivity index is 2.04. The fourth-order valence-electron chi connectivity index (χ4n) is 2.93. The van der Waals surface area contributed by atoms with Crippen LogP contribution in [0.4, 0.5) is 0 Å². The lowest BCUT2D eigenvalue weighted by Gasteiger charge is -2.21.